The monoisotopic (exact) mass is 235 g/mol. The number of nitrogens with one attached hydrogen (secondary N) is 1. The Morgan fingerprint density at radius 1 is 1.47 bits per heavy atom. The molecule has 1 aromatic carbocycles. The third kappa shape index (κ3) is 3.20. The molecule has 1 aromatic rings. The lowest BCUT2D eigenvalue weighted by molar-refractivity contribution is 0.0342. The SMILES string of the molecule is CNC1CCOCC1Cc1cccc(OC)c1. The minimum absolute atomic E-state index is 0.556. The van der Waals surface area contributed by atoms with Gasteiger partial charge in [-0.25, -0.2) is 0 Å². The number of hydrogen-bond donors (Lipinski definition) is 1. The predicted octanol–water partition coefficient (Wildman–Crippen LogP) is 1.86. The zero-order chi connectivity index (χ0) is 12.1. The van der Waals surface area contributed by atoms with Gasteiger partial charge in [-0.05, 0) is 37.6 Å². The van der Waals surface area contributed by atoms with Gasteiger partial charge in [-0.15, -0.1) is 0 Å². The Hall–Kier alpha value is -1.06. The summed E-state index contributed by atoms with van der Waals surface area (Å²) in [5.74, 6) is 1.49. The van der Waals surface area contributed by atoms with Gasteiger partial charge in [-0.2, -0.15) is 0 Å². The first kappa shape index (κ1) is 12.4. The first-order valence-corrected chi connectivity index (χ1v) is 6.21. The first-order valence-electron chi connectivity index (χ1n) is 6.21. The highest BCUT2D eigenvalue weighted by Crippen LogP contribution is 2.21. The van der Waals surface area contributed by atoms with Gasteiger partial charge in [0.2, 0.25) is 0 Å². The van der Waals surface area contributed by atoms with E-state index in [-0.39, 0.29) is 0 Å². The minimum Gasteiger partial charge on any atom is -0.497 e. The second-order valence-electron chi connectivity index (χ2n) is 4.57. The Morgan fingerprint density at radius 2 is 2.35 bits per heavy atom. The molecule has 0 radical (unpaired) electrons. The van der Waals surface area contributed by atoms with Crippen LogP contribution in [0.4, 0.5) is 0 Å². The van der Waals surface area contributed by atoms with Crippen molar-refractivity contribution in [2.24, 2.45) is 5.92 Å². The van der Waals surface area contributed by atoms with E-state index in [2.05, 4.69) is 17.4 Å². The van der Waals surface area contributed by atoms with Crippen molar-refractivity contribution in [1.29, 1.82) is 0 Å². The summed E-state index contributed by atoms with van der Waals surface area (Å²) in [7, 11) is 3.74. The molecule has 1 aliphatic heterocycles. The maximum absolute atomic E-state index is 5.57. The number of benzene rings is 1. The molecule has 1 heterocycles. The van der Waals surface area contributed by atoms with Gasteiger partial charge in [-0.1, -0.05) is 12.1 Å². The molecular formula is C14H21NO2. The van der Waals surface area contributed by atoms with Crippen LogP contribution in [0.1, 0.15) is 12.0 Å². The molecule has 2 rings (SSSR count). The molecule has 1 N–H and O–H groups in total. The van der Waals surface area contributed by atoms with Crippen molar-refractivity contribution in [2.45, 2.75) is 18.9 Å². The summed E-state index contributed by atoms with van der Waals surface area (Å²) in [6.45, 7) is 1.73. The molecule has 1 saturated heterocycles. The molecule has 94 valence electrons. The Labute approximate surface area is 103 Å². The zero-order valence-corrected chi connectivity index (χ0v) is 10.6. The number of ether oxygens (including phenoxy) is 2. The molecule has 2 unspecified atom stereocenters. The molecule has 1 aliphatic rings. The van der Waals surface area contributed by atoms with Crippen LogP contribution in [0, 0.1) is 5.92 Å². The van der Waals surface area contributed by atoms with Crippen LogP contribution in [0.25, 0.3) is 0 Å². The Morgan fingerprint density at radius 3 is 3.12 bits per heavy atom. The predicted molar refractivity (Wildman–Crippen MR) is 68.5 cm³/mol. The average Bonchev–Trinajstić information content (AvgIpc) is 2.39. The van der Waals surface area contributed by atoms with Gasteiger partial charge in [0.1, 0.15) is 5.75 Å². The topological polar surface area (TPSA) is 30.5 Å². The van der Waals surface area contributed by atoms with E-state index in [1.165, 1.54) is 5.56 Å². The maximum Gasteiger partial charge on any atom is 0.119 e. The fourth-order valence-electron chi connectivity index (χ4n) is 2.48. The van der Waals surface area contributed by atoms with Crippen molar-refractivity contribution in [1.82, 2.24) is 5.32 Å². The van der Waals surface area contributed by atoms with Crippen molar-refractivity contribution >= 4 is 0 Å². The summed E-state index contributed by atoms with van der Waals surface area (Å²) in [5, 5.41) is 3.39. The van der Waals surface area contributed by atoms with E-state index in [9.17, 15) is 0 Å². The second-order valence-corrected chi connectivity index (χ2v) is 4.57. The molecule has 0 aromatic heterocycles. The number of methoxy groups -OCH3 is 1. The molecule has 0 aliphatic carbocycles. The third-order valence-electron chi connectivity index (χ3n) is 3.48. The minimum atomic E-state index is 0.556. The summed E-state index contributed by atoms with van der Waals surface area (Å²) < 4.78 is 10.8. The Bertz CT molecular complexity index is 354. The molecular weight excluding hydrogens is 214 g/mol. The van der Waals surface area contributed by atoms with E-state index in [0.29, 0.717) is 12.0 Å². The molecule has 0 bridgehead atoms. The van der Waals surface area contributed by atoms with Gasteiger partial charge < -0.3 is 14.8 Å². The summed E-state index contributed by atoms with van der Waals surface area (Å²) in [4.78, 5) is 0. The highest BCUT2D eigenvalue weighted by molar-refractivity contribution is 5.28. The first-order chi connectivity index (χ1) is 8.33. The van der Waals surface area contributed by atoms with Crippen LogP contribution < -0.4 is 10.1 Å². The number of hydrogen-bond acceptors (Lipinski definition) is 3. The largest absolute Gasteiger partial charge is 0.497 e. The van der Waals surface area contributed by atoms with E-state index in [4.69, 9.17) is 9.47 Å². The Balaban J connectivity index is 2.02. The van der Waals surface area contributed by atoms with Gasteiger partial charge in [0.25, 0.3) is 0 Å². The lowest BCUT2D eigenvalue weighted by Crippen LogP contribution is -2.41. The fraction of sp³-hybridized carbons (Fsp3) is 0.571. The molecule has 17 heavy (non-hydrogen) atoms. The zero-order valence-electron chi connectivity index (χ0n) is 10.6. The van der Waals surface area contributed by atoms with Gasteiger partial charge in [0.05, 0.1) is 13.7 Å². The van der Waals surface area contributed by atoms with Gasteiger partial charge >= 0.3 is 0 Å². The van der Waals surface area contributed by atoms with Crippen molar-refractivity contribution in [2.75, 3.05) is 27.4 Å². The van der Waals surface area contributed by atoms with Crippen LogP contribution in [-0.4, -0.2) is 33.4 Å². The summed E-state index contributed by atoms with van der Waals surface area (Å²) >= 11 is 0. The highest BCUT2D eigenvalue weighted by atomic mass is 16.5. The van der Waals surface area contributed by atoms with E-state index in [1.807, 2.05) is 19.2 Å². The standard InChI is InChI=1S/C14H21NO2/c1-15-14-6-7-17-10-12(14)8-11-4-3-5-13(9-11)16-2/h3-5,9,12,14-15H,6-8,10H2,1-2H3. The molecule has 0 spiro atoms. The van der Waals surface area contributed by atoms with Crippen molar-refractivity contribution in [3.8, 4) is 5.75 Å². The molecule has 0 amide bonds. The highest BCUT2D eigenvalue weighted by Gasteiger charge is 2.24. The van der Waals surface area contributed by atoms with E-state index in [0.717, 1.165) is 31.8 Å². The molecule has 0 saturated carbocycles. The van der Waals surface area contributed by atoms with Crippen LogP contribution >= 0.6 is 0 Å². The van der Waals surface area contributed by atoms with E-state index in [1.54, 1.807) is 7.11 Å². The summed E-state index contributed by atoms with van der Waals surface area (Å²) in [5.41, 5.74) is 1.32. The third-order valence-corrected chi connectivity index (χ3v) is 3.48. The van der Waals surface area contributed by atoms with Gasteiger partial charge in [0, 0.05) is 18.6 Å². The smallest absolute Gasteiger partial charge is 0.119 e. The lowest BCUT2D eigenvalue weighted by Gasteiger charge is -2.31. The van der Waals surface area contributed by atoms with Crippen molar-refractivity contribution in [3.05, 3.63) is 29.8 Å². The normalized spacial score (nSPS) is 24.6. The van der Waals surface area contributed by atoms with Gasteiger partial charge in [-0.3, -0.25) is 0 Å². The summed E-state index contributed by atoms with van der Waals surface area (Å²) in [6.07, 6.45) is 2.15. The Kier molecular flexibility index (Phi) is 4.40. The van der Waals surface area contributed by atoms with Crippen LogP contribution in [0.2, 0.25) is 0 Å². The van der Waals surface area contributed by atoms with E-state index < -0.39 is 0 Å². The molecule has 2 atom stereocenters. The fourth-order valence-corrected chi connectivity index (χ4v) is 2.48. The molecule has 3 heteroatoms. The lowest BCUT2D eigenvalue weighted by atomic mass is 9.89. The van der Waals surface area contributed by atoms with Crippen molar-refractivity contribution < 1.29 is 9.47 Å². The van der Waals surface area contributed by atoms with Crippen LogP contribution in [-0.2, 0) is 11.2 Å². The number of rotatable bonds is 4. The van der Waals surface area contributed by atoms with Crippen molar-refractivity contribution in [3.63, 3.8) is 0 Å². The van der Waals surface area contributed by atoms with Crippen LogP contribution in [0.3, 0.4) is 0 Å². The van der Waals surface area contributed by atoms with Crippen LogP contribution in [0.5, 0.6) is 5.75 Å². The van der Waals surface area contributed by atoms with Gasteiger partial charge in [0.15, 0.2) is 0 Å². The summed E-state index contributed by atoms with van der Waals surface area (Å²) in [6, 6.07) is 8.86. The quantitative estimate of drug-likeness (QED) is 0.864. The average molecular weight is 235 g/mol. The van der Waals surface area contributed by atoms with Crippen LogP contribution in [0.15, 0.2) is 24.3 Å². The second kappa shape index (κ2) is 6.03. The molecule has 3 nitrogen and oxygen atoms in total. The molecule has 1 fully saturated rings. The maximum atomic E-state index is 5.57. The van der Waals surface area contributed by atoms with E-state index >= 15 is 0 Å².